The van der Waals surface area contributed by atoms with Crippen LogP contribution in [0.2, 0.25) is 0 Å². The second-order valence-corrected chi connectivity index (χ2v) is 2.68. The van der Waals surface area contributed by atoms with Crippen LogP contribution < -0.4 is 0 Å². The van der Waals surface area contributed by atoms with E-state index < -0.39 is 0 Å². The molecule has 0 aliphatic rings. The average Bonchev–Trinajstić information content (AvgIpc) is 2.05. The van der Waals surface area contributed by atoms with E-state index in [0.29, 0.717) is 13.2 Å². The number of aliphatic imine (C=N–C) groups is 2. The zero-order chi connectivity index (χ0) is 10.1. The number of hydrogen-bond donors (Lipinski definition) is 0. The molecule has 0 heterocycles. The van der Waals surface area contributed by atoms with Gasteiger partial charge in [-0.15, -0.1) is 0 Å². The van der Waals surface area contributed by atoms with E-state index in [-0.39, 0.29) is 12.1 Å². The van der Waals surface area contributed by atoms with Gasteiger partial charge in [-0.05, 0) is 13.8 Å². The summed E-state index contributed by atoms with van der Waals surface area (Å²) in [7, 11) is 0. The lowest BCUT2D eigenvalue weighted by Crippen LogP contribution is -2.15. The van der Waals surface area contributed by atoms with Crippen molar-refractivity contribution in [1.82, 2.24) is 0 Å². The largest absolute Gasteiger partial charge is 0.377 e. The monoisotopic (exact) mass is 184 g/mol. The van der Waals surface area contributed by atoms with Gasteiger partial charge in [-0.3, -0.25) is 0 Å². The van der Waals surface area contributed by atoms with Crippen molar-refractivity contribution in [2.24, 2.45) is 9.98 Å². The number of rotatable bonds is 6. The second-order valence-electron chi connectivity index (χ2n) is 2.68. The maximum absolute atomic E-state index is 9.80. The van der Waals surface area contributed by atoms with Gasteiger partial charge < -0.3 is 4.74 Å². The molecule has 0 aromatic carbocycles. The summed E-state index contributed by atoms with van der Waals surface area (Å²) in [5, 5.41) is 0. The Hall–Kier alpha value is -1.28. The number of carbonyl (C=O) groups excluding carboxylic acids is 2. The van der Waals surface area contributed by atoms with Gasteiger partial charge in [-0.25, -0.2) is 19.6 Å². The van der Waals surface area contributed by atoms with Gasteiger partial charge in [0.1, 0.15) is 0 Å². The van der Waals surface area contributed by atoms with E-state index in [4.69, 9.17) is 4.74 Å². The third kappa shape index (κ3) is 7.09. The van der Waals surface area contributed by atoms with Gasteiger partial charge in [0.25, 0.3) is 0 Å². The molecular weight excluding hydrogens is 172 g/mol. The summed E-state index contributed by atoms with van der Waals surface area (Å²) in [4.78, 5) is 26.5. The fourth-order valence-electron chi connectivity index (χ4n) is 0.664. The SMILES string of the molecule is CC(COCC(C)N=C=O)N=C=O. The van der Waals surface area contributed by atoms with Crippen molar-refractivity contribution in [3.05, 3.63) is 0 Å². The van der Waals surface area contributed by atoms with Gasteiger partial charge in [0.2, 0.25) is 12.2 Å². The molecule has 0 rings (SSSR count). The van der Waals surface area contributed by atoms with E-state index in [0.717, 1.165) is 0 Å². The van der Waals surface area contributed by atoms with Crippen LogP contribution in [0.15, 0.2) is 9.98 Å². The Kier molecular flexibility index (Phi) is 6.65. The predicted octanol–water partition coefficient (Wildman–Crippen LogP) is 0.452. The van der Waals surface area contributed by atoms with E-state index >= 15 is 0 Å². The molecule has 5 heteroatoms. The minimum atomic E-state index is -0.204. The molecule has 0 aromatic rings. The lowest BCUT2D eigenvalue weighted by atomic mass is 10.3. The number of ether oxygens (including phenoxy) is 1. The average molecular weight is 184 g/mol. The smallest absolute Gasteiger partial charge is 0.235 e. The Bertz CT molecular complexity index is 206. The standard InChI is InChI=1S/C8H12N2O3/c1-7(9-5-11)3-13-4-8(2)10-6-12/h7-8H,3-4H2,1-2H3. The minimum absolute atomic E-state index is 0.204. The summed E-state index contributed by atoms with van der Waals surface area (Å²) in [6, 6.07) is -0.408. The fourth-order valence-corrected chi connectivity index (χ4v) is 0.664. The third-order valence-electron chi connectivity index (χ3n) is 1.26. The molecule has 72 valence electrons. The van der Waals surface area contributed by atoms with Crippen molar-refractivity contribution in [2.75, 3.05) is 13.2 Å². The molecule has 0 N–H and O–H groups in total. The number of hydrogen-bond acceptors (Lipinski definition) is 5. The quantitative estimate of drug-likeness (QED) is 0.444. The Labute approximate surface area is 76.5 Å². The molecular formula is C8H12N2O3. The van der Waals surface area contributed by atoms with Gasteiger partial charge in [-0.1, -0.05) is 0 Å². The van der Waals surface area contributed by atoms with Crippen LogP contribution in [0, 0.1) is 0 Å². The van der Waals surface area contributed by atoms with Gasteiger partial charge in [0.15, 0.2) is 0 Å². The predicted molar refractivity (Wildman–Crippen MR) is 46.0 cm³/mol. The van der Waals surface area contributed by atoms with E-state index in [9.17, 15) is 9.59 Å². The normalized spacial score (nSPS) is 13.7. The highest BCUT2D eigenvalue weighted by molar-refractivity contribution is 5.33. The van der Waals surface area contributed by atoms with E-state index in [1.807, 2.05) is 0 Å². The molecule has 0 amide bonds. The number of nitrogens with zero attached hydrogens (tertiary/aromatic N) is 2. The third-order valence-corrected chi connectivity index (χ3v) is 1.26. The van der Waals surface area contributed by atoms with Crippen molar-refractivity contribution >= 4 is 12.2 Å². The van der Waals surface area contributed by atoms with E-state index in [1.54, 1.807) is 13.8 Å². The molecule has 0 aliphatic heterocycles. The molecule has 2 atom stereocenters. The van der Waals surface area contributed by atoms with Crippen molar-refractivity contribution in [3.8, 4) is 0 Å². The van der Waals surface area contributed by atoms with Crippen molar-refractivity contribution < 1.29 is 14.3 Å². The molecule has 2 unspecified atom stereocenters. The molecule has 0 bridgehead atoms. The first kappa shape index (κ1) is 11.7. The summed E-state index contributed by atoms with van der Waals surface area (Å²) < 4.78 is 5.12. The van der Waals surface area contributed by atoms with Crippen LogP contribution in [0.4, 0.5) is 0 Å². The van der Waals surface area contributed by atoms with Crippen LogP contribution in [-0.4, -0.2) is 37.5 Å². The first-order chi connectivity index (χ1) is 6.20. The Morgan fingerprint density at radius 2 is 1.46 bits per heavy atom. The highest BCUT2D eigenvalue weighted by Crippen LogP contribution is 1.93. The van der Waals surface area contributed by atoms with Gasteiger partial charge in [0, 0.05) is 0 Å². The fraction of sp³-hybridized carbons (Fsp3) is 0.750. The molecule has 5 nitrogen and oxygen atoms in total. The van der Waals surface area contributed by atoms with Gasteiger partial charge >= 0.3 is 0 Å². The number of isocyanates is 2. The zero-order valence-electron chi connectivity index (χ0n) is 7.69. The van der Waals surface area contributed by atoms with E-state index in [2.05, 4.69) is 9.98 Å². The van der Waals surface area contributed by atoms with Crippen LogP contribution in [-0.2, 0) is 14.3 Å². The highest BCUT2D eigenvalue weighted by Gasteiger charge is 2.02. The van der Waals surface area contributed by atoms with Gasteiger partial charge in [0.05, 0.1) is 25.3 Å². The Balaban J connectivity index is 3.55. The molecule has 13 heavy (non-hydrogen) atoms. The van der Waals surface area contributed by atoms with Crippen LogP contribution >= 0.6 is 0 Å². The summed E-state index contributed by atoms with van der Waals surface area (Å²) in [6.07, 6.45) is 2.88. The molecule has 0 spiro atoms. The lowest BCUT2D eigenvalue weighted by molar-refractivity contribution is 0.116. The first-order valence-electron chi connectivity index (χ1n) is 3.92. The lowest BCUT2D eigenvalue weighted by Gasteiger charge is -2.07. The highest BCUT2D eigenvalue weighted by atomic mass is 16.5. The molecule has 0 saturated carbocycles. The second kappa shape index (κ2) is 7.37. The first-order valence-corrected chi connectivity index (χ1v) is 3.92. The molecule has 0 radical (unpaired) electrons. The van der Waals surface area contributed by atoms with Crippen molar-refractivity contribution in [2.45, 2.75) is 25.9 Å². The molecule has 0 aromatic heterocycles. The molecule has 0 aliphatic carbocycles. The summed E-state index contributed by atoms with van der Waals surface area (Å²) in [5.41, 5.74) is 0. The maximum Gasteiger partial charge on any atom is 0.235 e. The minimum Gasteiger partial charge on any atom is -0.377 e. The van der Waals surface area contributed by atoms with Crippen molar-refractivity contribution in [3.63, 3.8) is 0 Å². The van der Waals surface area contributed by atoms with Crippen LogP contribution in [0.1, 0.15) is 13.8 Å². The van der Waals surface area contributed by atoms with Crippen LogP contribution in [0.25, 0.3) is 0 Å². The Morgan fingerprint density at radius 1 is 1.08 bits per heavy atom. The van der Waals surface area contributed by atoms with E-state index in [1.165, 1.54) is 12.2 Å². The maximum atomic E-state index is 9.80. The topological polar surface area (TPSA) is 68.1 Å². The van der Waals surface area contributed by atoms with Crippen LogP contribution in [0.3, 0.4) is 0 Å². The summed E-state index contributed by atoms with van der Waals surface area (Å²) in [5.74, 6) is 0. The summed E-state index contributed by atoms with van der Waals surface area (Å²) in [6.45, 7) is 4.12. The molecule has 0 saturated heterocycles. The summed E-state index contributed by atoms with van der Waals surface area (Å²) >= 11 is 0. The zero-order valence-corrected chi connectivity index (χ0v) is 7.69. The Morgan fingerprint density at radius 3 is 1.77 bits per heavy atom. The van der Waals surface area contributed by atoms with Crippen molar-refractivity contribution in [1.29, 1.82) is 0 Å². The molecule has 0 fully saturated rings. The van der Waals surface area contributed by atoms with Crippen LogP contribution in [0.5, 0.6) is 0 Å². The van der Waals surface area contributed by atoms with Gasteiger partial charge in [-0.2, -0.15) is 0 Å².